The second kappa shape index (κ2) is 14.8. The normalized spacial score (nSPS) is 12.7. The molecule has 2 atom stereocenters. The Kier molecular flexibility index (Phi) is 11.7. The molecule has 2 amide bonds. The van der Waals surface area contributed by atoms with Crippen LogP contribution in [-0.4, -0.2) is 58.0 Å². The number of carbonyl (C=O) groups is 2. The van der Waals surface area contributed by atoms with Gasteiger partial charge < -0.3 is 19.7 Å². The zero-order valence-electron chi connectivity index (χ0n) is 25.1. The van der Waals surface area contributed by atoms with E-state index in [1.807, 2.05) is 20.8 Å². The number of methoxy groups -OCH3 is 2. The van der Waals surface area contributed by atoms with Crippen molar-refractivity contribution in [2.24, 2.45) is 0 Å². The van der Waals surface area contributed by atoms with Gasteiger partial charge in [-0.05, 0) is 69.2 Å². The van der Waals surface area contributed by atoms with Gasteiger partial charge in [-0.2, -0.15) is 0 Å². The number of hydrogen-bond donors (Lipinski definition) is 1. The average Bonchev–Trinajstić information content (AvgIpc) is 2.99. The number of hydrogen-bond acceptors (Lipinski definition) is 6. The van der Waals surface area contributed by atoms with Gasteiger partial charge in [0.2, 0.25) is 11.8 Å². The van der Waals surface area contributed by atoms with E-state index in [0.29, 0.717) is 22.8 Å². The van der Waals surface area contributed by atoms with E-state index in [2.05, 4.69) is 5.32 Å². The Morgan fingerprint density at radius 3 is 2.19 bits per heavy atom. The summed E-state index contributed by atoms with van der Waals surface area (Å²) < 4.78 is 40.1. The minimum Gasteiger partial charge on any atom is -0.497 e. The molecule has 0 aliphatic carbocycles. The topological polar surface area (TPSA) is 105 Å². The summed E-state index contributed by atoms with van der Waals surface area (Å²) in [7, 11) is -1.44. The van der Waals surface area contributed by atoms with Crippen LogP contribution in [0.5, 0.6) is 11.5 Å². The fourth-order valence-electron chi connectivity index (χ4n) is 4.23. The Hall–Kier alpha value is -3.47. The molecule has 0 saturated carbocycles. The molecule has 0 fully saturated rings. The highest BCUT2D eigenvalue weighted by Gasteiger charge is 2.34. The number of carbonyl (C=O) groups excluding carboxylic acids is 2. The lowest BCUT2D eigenvalue weighted by Gasteiger charge is -2.33. The van der Waals surface area contributed by atoms with Gasteiger partial charge >= 0.3 is 0 Å². The van der Waals surface area contributed by atoms with Crippen LogP contribution in [0.4, 0.5) is 5.69 Å². The van der Waals surface area contributed by atoms with Crippen molar-refractivity contribution >= 4 is 50.7 Å². The van der Waals surface area contributed by atoms with Crippen LogP contribution in [0.25, 0.3) is 0 Å². The van der Waals surface area contributed by atoms with Gasteiger partial charge in [0.25, 0.3) is 10.0 Å². The number of aryl methyl sites for hydroxylation is 1. The van der Waals surface area contributed by atoms with Gasteiger partial charge in [0.05, 0.1) is 34.8 Å². The molecule has 0 aromatic heterocycles. The number of ether oxygens (including phenoxy) is 2. The molecule has 3 aromatic rings. The zero-order valence-corrected chi connectivity index (χ0v) is 27.4. The minimum atomic E-state index is -4.30. The lowest BCUT2D eigenvalue weighted by molar-refractivity contribution is -0.139. The SMILES string of the molecule is CC[C@H](C)NC(=O)[C@@H](C)N(Cc1ccc(Cl)c(Cl)c1)C(=O)CN(c1cc(OC)ccc1OC)S(=O)(=O)c1ccc(C)cc1. The second-order valence-corrected chi connectivity index (χ2v) is 12.8. The fourth-order valence-corrected chi connectivity index (χ4v) is 5.96. The summed E-state index contributed by atoms with van der Waals surface area (Å²) in [5.41, 5.74) is 1.58. The second-order valence-electron chi connectivity index (χ2n) is 10.1. The third-order valence-corrected chi connectivity index (χ3v) is 9.56. The molecular formula is C31H37Cl2N3O6S. The van der Waals surface area contributed by atoms with Gasteiger partial charge in [-0.1, -0.05) is 53.9 Å². The van der Waals surface area contributed by atoms with Crippen LogP contribution in [0.15, 0.2) is 65.6 Å². The lowest BCUT2D eigenvalue weighted by atomic mass is 10.1. The van der Waals surface area contributed by atoms with Gasteiger partial charge in [-0.25, -0.2) is 8.42 Å². The largest absolute Gasteiger partial charge is 0.497 e. The highest BCUT2D eigenvalue weighted by atomic mass is 35.5. The summed E-state index contributed by atoms with van der Waals surface area (Å²) in [6.07, 6.45) is 0.692. The van der Waals surface area contributed by atoms with Crippen molar-refractivity contribution in [3.05, 3.63) is 81.8 Å². The van der Waals surface area contributed by atoms with E-state index in [9.17, 15) is 18.0 Å². The maximum atomic E-state index is 14.2. The number of anilines is 1. The predicted octanol–water partition coefficient (Wildman–Crippen LogP) is 5.85. The molecule has 0 bridgehead atoms. The van der Waals surface area contributed by atoms with Crippen molar-refractivity contribution < 1.29 is 27.5 Å². The van der Waals surface area contributed by atoms with Crippen molar-refractivity contribution in [3.63, 3.8) is 0 Å². The molecule has 0 radical (unpaired) electrons. The summed E-state index contributed by atoms with van der Waals surface area (Å²) in [4.78, 5) is 28.7. The maximum Gasteiger partial charge on any atom is 0.264 e. The Labute approximate surface area is 263 Å². The van der Waals surface area contributed by atoms with Crippen molar-refractivity contribution in [2.45, 2.75) is 57.6 Å². The molecule has 43 heavy (non-hydrogen) atoms. The molecule has 0 heterocycles. The van der Waals surface area contributed by atoms with Crippen molar-refractivity contribution in [1.82, 2.24) is 10.2 Å². The minimum absolute atomic E-state index is 0.0191. The number of amides is 2. The Morgan fingerprint density at radius 1 is 0.930 bits per heavy atom. The first kappa shape index (κ1) is 34.0. The van der Waals surface area contributed by atoms with E-state index < -0.39 is 28.5 Å². The molecule has 1 N–H and O–H groups in total. The Morgan fingerprint density at radius 2 is 1.60 bits per heavy atom. The number of nitrogens with one attached hydrogen (secondary N) is 1. The monoisotopic (exact) mass is 649 g/mol. The molecule has 9 nitrogen and oxygen atoms in total. The van der Waals surface area contributed by atoms with Crippen molar-refractivity contribution in [1.29, 1.82) is 0 Å². The van der Waals surface area contributed by atoms with Crippen LogP contribution < -0.4 is 19.1 Å². The number of halogens is 2. The van der Waals surface area contributed by atoms with Crippen molar-refractivity contribution in [3.8, 4) is 11.5 Å². The molecule has 0 aliphatic rings. The highest BCUT2D eigenvalue weighted by Crippen LogP contribution is 2.36. The molecule has 12 heteroatoms. The lowest BCUT2D eigenvalue weighted by Crippen LogP contribution is -2.52. The Bertz CT molecular complexity index is 1550. The van der Waals surface area contributed by atoms with Crippen LogP contribution in [0.2, 0.25) is 10.0 Å². The number of benzene rings is 3. The number of sulfonamides is 1. The molecular weight excluding hydrogens is 613 g/mol. The number of nitrogens with zero attached hydrogens (tertiary/aromatic N) is 2. The molecule has 0 unspecified atom stereocenters. The first-order chi connectivity index (χ1) is 20.3. The van der Waals surface area contributed by atoms with Gasteiger partial charge in [-0.3, -0.25) is 13.9 Å². The van der Waals surface area contributed by atoms with E-state index in [4.69, 9.17) is 32.7 Å². The average molecular weight is 651 g/mol. The first-order valence-electron chi connectivity index (χ1n) is 13.7. The third kappa shape index (κ3) is 8.34. The number of rotatable bonds is 13. The summed E-state index contributed by atoms with van der Waals surface area (Å²) in [5.74, 6) is -0.433. The van der Waals surface area contributed by atoms with E-state index in [-0.39, 0.29) is 39.8 Å². The van der Waals surface area contributed by atoms with Crippen LogP contribution in [-0.2, 0) is 26.2 Å². The fraction of sp³-hybridized carbons (Fsp3) is 0.355. The third-order valence-electron chi connectivity index (χ3n) is 7.05. The molecule has 3 rings (SSSR count). The molecule has 3 aromatic carbocycles. The highest BCUT2D eigenvalue weighted by molar-refractivity contribution is 7.92. The zero-order chi connectivity index (χ0) is 31.9. The predicted molar refractivity (Wildman–Crippen MR) is 170 cm³/mol. The smallest absolute Gasteiger partial charge is 0.264 e. The molecule has 0 spiro atoms. The van der Waals surface area contributed by atoms with Gasteiger partial charge in [0.15, 0.2) is 0 Å². The van der Waals surface area contributed by atoms with Crippen molar-refractivity contribution in [2.75, 3.05) is 25.1 Å². The van der Waals surface area contributed by atoms with E-state index >= 15 is 0 Å². The van der Waals surface area contributed by atoms with Crippen LogP contribution in [0.1, 0.15) is 38.3 Å². The van der Waals surface area contributed by atoms with E-state index in [1.54, 1.807) is 49.4 Å². The molecule has 232 valence electrons. The van der Waals surface area contributed by atoms with Crippen LogP contribution in [0.3, 0.4) is 0 Å². The van der Waals surface area contributed by atoms with E-state index in [1.165, 1.54) is 37.3 Å². The van der Waals surface area contributed by atoms with Crippen LogP contribution >= 0.6 is 23.2 Å². The molecule has 0 aliphatic heterocycles. The van der Waals surface area contributed by atoms with Gasteiger partial charge in [0, 0.05) is 18.7 Å². The van der Waals surface area contributed by atoms with Crippen LogP contribution in [0, 0.1) is 6.92 Å². The quantitative estimate of drug-likeness (QED) is 0.249. The van der Waals surface area contributed by atoms with Gasteiger partial charge in [0.1, 0.15) is 24.1 Å². The Balaban J connectivity index is 2.13. The van der Waals surface area contributed by atoms with E-state index in [0.717, 1.165) is 9.87 Å². The summed E-state index contributed by atoms with van der Waals surface area (Å²) in [6, 6.07) is 14.8. The maximum absolute atomic E-state index is 14.2. The first-order valence-corrected chi connectivity index (χ1v) is 15.9. The van der Waals surface area contributed by atoms with Gasteiger partial charge in [-0.15, -0.1) is 0 Å². The molecule has 0 saturated heterocycles. The summed E-state index contributed by atoms with van der Waals surface area (Å²) >= 11 is 12.3. The standard InChI is InChI=1S/C31H37Cl2N3O6S/c1-7-21(3)34-31(38)22(4)35(18-23-10-14-26(32)27(33)16-23)30(37)19-36(28-17-24(41-5)11-15-29(28)42-6)43(39,40)25-12-8-20(2)9-13-25/h8-17,21-22H,7,18-19H2,1-6H3,(H,34,38)/t21-,22+/m0/s1. The summed E-state index contributed by atoms with van der Waals surface area (Å²) in [6.45, 7) is 6.57. The summed E-state index contributed by atoms with van der Waals surface area (Å²) in [5, 5.41) is 3.53.